The molecule has 1 heterocycles. The van der Waals surface area contributed by atoms with Gasteiger partial charge in [-0.2, -0.15) is 0 Å². The van der Waals surface area contributed by atoms with Crippen molar-refractivity contribution in [2.75, 3.05) is 7.11 Å². The van der Waals surface area contributed by atoms with E-state index in [0.717, 1.165) is 27.7 Å². The molecule has 0 amide bonds. The van der Waals surface area contributed by atoms with Gasteiger partial charge in [-0.05, 0) is 65.9 Å². The van der Waals surface area contributed by atoms with Gasteiger partial charge >= 0.3 is 5.97 Å². The van der Waals surface area contributed by atoms with Crippen LogP contribution in [0.4, 0.5) is 0 Å². The first-order chi connectivity index (χ1) is 16.4. The third kappa shape index (κ3) is 5.67. The Kier molecular flexibility index (Phi) is 6.76. The molecule has 0 aliphatic heterocycles. The van der Waals surface area contributed by atoms with Crippen molar-refractivity contribution < 1.29 is 16.0 Å². The van der Waals surface area contributed by atoms with E-state index >= 15 is 0 Å². The van der Waals surface area contributed by atoms with Gasteiger partial charge in [0.15, 0.2) is 0 Å². The van der Waals surface area contributed by atoms with Crippen LogP contribution in [0.1, 0.15) is 46.6 Å². The Hall–Kier alpha value is -3.47. The first kappa shape index (κ1) is 21.4. The van der Waals surface area contributed by atoms with Crippen molar-refractivity contribution in [3.63, 3.8) is 0 Å². The maximum Gasteiger partial charge on any atom is 0.338 e. The largest absolute Gasteiger partial charge is 0.465 e. The molecular weight excluding hydrogens is 434 g/mol. The molecule has 0 aliphatic carbocycles. The average molecular weight is 459 g/mol. The van der Waals surface area contributed by atoms with Gasteiger partial charge in [0, 0.05) is 10.4 Å². The molecule has 0 aliphatic rings. The van der Waals surface area contributed by atoms with Crippen LogP contribution in [-0.2, 0) is 11.2 Å². The number of methoxy groups -OCH3 is 1. The number of fused-ring (bicyclic) bond motifs is 1. The highest BCUT2D eigenvalue weighted by Crippen LogP contribution is 2.23. The van der Waals surface area contributed by atoms with E-state index in [1.54, 1.807) is 24.3 Å². The third-order valence-electron chi connectivity index (χ3n) is 5.40. The highest BCUT2D eigenvalue weighted by molar-refractivity contribution is 6.31. The second kappa shape index (κ2) is 10.4. The smallest absolute Gasteiger partial charge is 0.338 e. The number of aliphatic hydroxyl groups is 1. The lowest BCUT2D eigenvalue weighted by atomic mass is 9.97. The molecule has 3 aromatic carbocycles. The summed E-state index contributed by atoms with van der Waals surface area (Å²) in [5, 5.41) is 12.5. The Morgan fingerprint density at radius 3 is 2.76 bits per heavy atom. The molecule has 1 atom stereocenters. The summed E-state index contributed by atoms with van der Waals surface area (Å²) in [6, 6.07) is 23.8. The van der Waals surface area contributed by atoms with Crippen molar-refractivity contribution in [1.82, 2.24) is 4.98 Å². The monoisotopic (exact) mass is 458 g/mol. The number of aromatic nitrogens is 1. The summed E-state index contributed by atoms with van der Waals surface area (Å²) in [5.74, 6) is -0.430. The minimum absolute atomic E-state index is 0.126. The zero-order valence-corrected chi connectivity index (χ0v) is 18.9. The topological polar surface area (TPSA) is 59.4 Å². The van der Waals surface area contributed by atoms with Crippen LogP contribution in [0.3, 0.4) is 0 Å². The predicted molar refractivity (Wildman–Crippen MR) is 133 cm³/mol. The highest BCUT2D eigenvalue weighted by Gasteiger charge is 2.14. The van der Waals surface area contributed by atoms with Gasteiger partial charge in [0.2, 0.25) is 0 Å². The lowest BCUT2D eigenvalue weighted by Crippen LogP contribution is -2.07. The van der Waals surface area contributed by atoms with Crippen molar-refractivity contribution in [1.29, 1.82) is 0 Å². The molecule has 33 heavy (non-hydrogen) atoms. The van der Waals surface area contributed by atoms with Gasteiger partial charge in [-0.1, -0.05) is 66.2 Å². The van der Waals surface area contributed by atoms with E-state index in [1.807, 2.05) is 66.7 Å². The van der Waals surface area contributed by atoms with Crippen LogP contribution in [0.25, 0.3) is 23.1 Å². The van der Waals surface area contributed by atoms with Gasteiger partial charge in [-0.3, -0.25) is 0 Å². The zero-order chi connectivity index (χ0) is 24.1. The van der Waals surface area contributed by atoms with E-state index in [2.05, 4.69) is 4.98 Å². The fraction of sp³-hybridized carbons (Fsp3) is 0.143. The maximum atomic E-state index is 12.0. The van der Waals surface area contributed by atoms with Crippen LogP contribution in [0.2, 0.25) is 5.02 Å². The fourth-order valence-corrected chi connectivity index (χ4v) is 3.81. The highest BCUT2D eigenvalue weighted by atomic mass is 35.5. The molecule has 0 saturated carbocycles. The van der Waals surface area contributed by atoms with E-state index in [0.29, 0.717) is 22.6 Å². The van der Waals surface area contributed by atoms with E-state index < -0.39 is 12.0 Å². The van der Waals surface area contributed by atoms with Gasteiger partial charge in [0.25, 0.3) is 0 Å². The Balaban J connectivity index is 1.51. The van der Waals surface area contributed by atoms with Gasteiger partial charge in [0.1, 0.15) is 0 Å². The summed E-state index contributed by atoms with van der Waals surface area (Å²) in [7, 11) is 1.33. The summed E-state index contributed by atoms with van der Waals surface area (Å²) in [6.07, 6.45) is 2.45. The average Bonchev–Trinajstić information content (AvgIpc) is 2.86. The van der Waals surface area contributed by atoms with Crippen LogP contribution in [-0.4, -0.2) is 23.2 Å². The molecule has 1 aromatic heterocycles. The van der Waals surface area contributed by atoms with E-state index in [-0.39, 0.29) is 6.42 Å². The number of ether oxygens (including phenoxy) is 1. The Morgan fingerprint density at radius 2 is 1.91 bits per heavy atom. The molecule has 4 rings (SSSR count). The number of benzene rings is 3. The van der Waals surface area contributed by atoms with Crippen LogP contribution < -0.4 is 0 Å². The third-order valence-corrected chi connectivity index (χ3v) is 5.63. The normalized spacial score (nSPS) is 13.6. The molecular formula is C28H24ClNO3. The summed E-state index contributed by atoms with van der Waals surface area (Å²) in [6.45, 7) is 0. The van der Waals surface area contributed by atoms with Gasteiger partial charge in [-0.25, -0.2) is 9.78 Å². The second-order valence-electron chi connectivity index (χ2n) is 7.63. The molecule has 4 aromatic rings. The predicted octanol–water partition coefficient (Wildman–Crippen LogP) is 6.51. The van der Waals surface area contributed by atoms with Gasteiger partial charge in [-0.15, -0.1) is 0 Å². The number of aryl methyl sites for hydroxylation is 1. The number of halogens is 1. The second-order valence-corrected chi connectivity index (χ2v) is 8.06. The summed E-state index contributed by atoms with van der Waals surface area (Å²) in [4.78, 5) is 16.6. The van der Waals surface area contributed by atoms with Crippen molar-refractivity contribution in [3.05, 3.63) is 112 Å². The van der Waals surface area contributed by atoms with Crippen LogP contribution in [0, 0.1) is 0 Å². The zero-order valence-electron chi connectivity index (χ0n) is 19.2. The molecule has 0 spiro atoms. The number of carbonyl (C=O) groups excluding carboxylic acids is 1. The Morgan fingerprint density at radius 1 is 1.09 bits per heavy atom. The lowest BCUT2D eigenvalue weighted by molar-refractivity contribution is 0.0599. The maximum absolute atomic E-state index is 12.0. The van der Waals surface area contributed by atoms with Crippen molar-refractivity contribution in [2.24, 2.45) is 0 Å². The first-order valence-electron chi connectivity index (χ1n) is 11.1. The van der Waals surface area contributed by atoms with Crippen LogP contribution in [0.15, 0.2) is 78.9 Å². The van der Waals surface area contributed by atoms with E-state index in [4.69, 9.17) is 17.7 Å². The van der Waals surface area contributed by atoms with Gasteiger partial charge in [0.05, 0.1) is 31.3 Å². The van der Waals surface area contributed by atoms with Crippen LogP contribution >= 0.6 is 11.6 Å². The summed E-state index contributed by atoms with van der Waals surface area (Å²) >= 11 is 6.08. The molecule has 5 heteroatoms. The van der Waals surface area contributed by atoms with E-state index in [1.165, 1.54) is 7.11 Å². The number of hydrogen-bond acceptors (Lipinski definition) is 4. The Labute approximate surface area is 199 Å². The molecule has 0 radical (unpaired) electrons. The standard InChI is InChI=1S/C28H24ClNO3/c1-33-28(32)25-8-3-2-6-20(25)12-16-27(31)22-7-4-5-19(17-22)9-14-24-15-11-21-10-13-23(29)18-26(21)30-24/h2-11,13-15,17-18,27,31H,12,16H2,1H3/b14-9+/t27-/m0/s1/i27D. The Bertz CT molecular complexity index is 1370. The molecule has 1 N–H and O–H groups in total. The van der Waals surface area contributed by atoms with Crippen molar-refractivity contribution in [3.8, 4) is 0 Å². The first-order valence-corrected chi connectivity index (χ1v) is 11.0. The number of rotatable bonds is 7. The minimum atomic E-state index is -1.81. The van der Waals surface area contributed by atoms with E-state index in [9.17, 15) is 9.90 Å². The molecule has 166 valence electrons. The van der Waals surface area contributed by atoms with Crippen molar-refractivity contribution in [2.45, 2.75) is 18.9 Å². The number of esters is 1. The minimum Gasteiger partial charge on any atom is -0.465 e. The fourth-order valence-electron chi connectivity index (χ4n) is 3.65. The van der Waals surface area contributed by atoms with Crippen molar-refractivity contribution >= 4 is 40.6 Å². The molecule has 0 saturated heterocycles. The van der Waals surface area contributed by atoms with Gasteiger partial charge < -0.3 is 9.84 Å². The number of pyridine rings is 1. The number of carbonyl (C=O) groups is 1. The molecule has 0 bridgehead atoms. The lowest BCUT2D eigenvalue weighted by Gasteiger charge is -2.13. The quantitative estimate of drug-likeness (QED) is 0.320. The van der Waals surface area contributed by atoms with Crippen LogP contribution in [0.5, 0.6) is 0 Å². The summed E-state index contributed by atoms with van der Waals surface area (Å²) < 4.78 is 13.4. The number of hydrogen-bond donors (Lipinski definition) is 1. The molecule has 4 nitrogen and oxygen atoms in total. The molecule has 0 unspecified atom stereocenters. The molecule has 0 fully saturated rings. The SMILES string of the molecule is [2H][C@](O)(CCc1ccccc1C(=O)OC)c1cccc(/C=C/c2ccc3ccc(Cl)cc3n2)c1. The summed E-state index contributed by atoms with van der Waals surface area (Å²) in [5.41, 5.74) is 4.09. The number of nitrogens with zero attached hydrogens (tertiary/aromatic N) is 1.